The second-order valence-electron chi connectivity index (χ2n) is 6.22. The fraction of sp³-hybridized carbons (Fsp3) is 0.625. The van der Waals surface area contributed by atoms with Crippen LogP contribution < -0.4 is 5.32 Å². The number of nitrogens with one attached hydrogen (secondary N) is 1. The molecule has 0 saturated carbocycles. The van der Waals surface area contributed by atoms with E-state index < -0.39 is 33.4 Å². The number of carbonyl (C=O) groups excluding carboxylic acids is 1. The number of thiophene rings is 1. The summed E-state index contributed by atoms with van der Waals surface area (Å²) >= 11 is 1.12. The average molecular weight is 389 g/mol. The van der Waals surface area contributed by atoms with E-state index in [-0.39, 0.29) is 10.8 Å². The van der Waals surface area contributed by atoms with E-state index in [0.29, 0.717) is 32.2 Å². The molecule has 0 spiro atoms. The Kier molecular flexibility index (Phi) is 6.23. The number of carbonyl (C=O) groups is 2. The third-order valence-corrected chi connectivity index (χ3v) is 8.25. The Morgan fingerprint density at radius 3 is 2.60 bits per heavy atom. The summed E-state index contributed by atoms with van der Waals surface area (Å²) in [5.74, 6) is -1.38. The van der Waals surface area contributed by atoms with E-state index in [4.69, 9.17) is 0 Å². The Morgan fingerprint density at radius 1 is 1.40 bits per heavy atom. The zero-order valence-corrected chi connectivity index (χ0v) is 16.0. The van der Waals surface area contributed by atoms with Crippen LogP contribution in [0, 0.1) is 5.41 Å². The largest absolute Gasteiger partial charge is 0.481 e. The molecule has 1 aliphatic rings. The van der Waals surface area contributed by atoms with E-state index in [1.165, 1.54) is 10.4 Å². The Morgan fingerprint density at radius 2 is 2.08 bits per heavy atom. The highest BCUT2D eigenvalue weighted by Crippen LogP contribution is 2.29. The van der Waals surface area contributed by atoms with Crippen molar-refractivity contribution in [3.8, 4) is 0 Å². The van der Waals surface area contributed by atoms with Crippen molar-refractivity contribution in [3.05, 3.63) is 17.5 Å². The Bertz CT molecular complexity index is 711. The summed E-state index contributed by atoms with van der Waals surface area (Å²) in [5, 5.41) is 13.8. The van der Waals surface area contributed by atoms with E-state index in [0.717, 1.165) is 11.3 Å². The van der Waals surface area contributed by atoms with Crippen LogP contribution in [-0.4, -0.2) is 48.8 Å². The first-order chi connectivity index (χ1) is 11.8. The molecule has 0 aromatic carbocycles. The highest BCUT2D eigenvalue weighted by atomic mass is 32.2. The smallest absolute Gasteiger partial charge is 0.311 e. The van der Waals surface area contributed by atoms with Gasteiger partial charge in [-0.25, -0.2) is 8.42 Å². The Balaban J connectivity index is 2.12. The van der Waals surface area contributed by atoms with E-state index in [1.807, 2.05) is 0 Å². The van der Waals surface area contributed by atoms with Gasteiger partial charge >= 0.3 is 5.97 Å². The van der Waals surface area contributed by atoms with Gasteiger partial charge in [-0.3, -0.25) is 9.59 Å². The van der Waals surface area contributed by atoms with E-state index in [2.05, 4.69) is 5.32 Å². The minimum atomic E-state index is -3.70. The average Bonchev–Trinajstić information content (AvgIpc) is 3.27. The predicted octanol–water partition coefficient (Wildman–Crippen LogP) is 1.91. The van der Waals surface area contributed by atoms with Gasteiger partial charge in [0.25, 0.3) is 10.0 Å². The summed E-state index contributed by atoms with van der Waals surface area (Å²) < 4.78 is 26.8. The van der Waals surface area contributed by atoms with Crippen LogP contribution in [0.25, 0.3) is 0 Å². The van der Waals surface area contributed by atoms with Gasteiger partial charge in [0.2, 0.25) is 5.91 Å². The molecule has 1 atom stereocenters. The normalized spacial score (nSPS) is 19.0. The summed E-state index contributed by atoms with van der Waals surface area (Å²) in [6, 6.07) is 2.40. The molecule has 9 heteroatoms. The molecular weight excluding hydrogens is 364 g/mol. The van der Waals surface area contributed by atoms with Crippen molar-refractivity contribution >= 4 is 33.2 Å². The monoisotopic (exact) mass is 388 g/mol. The number of amides is 1. The molecule has 1 amide bonds. The van der Waals surface area contributed by atoms with Gasteiger partial charge in [-0.15, -0.1) is 11.3 Å². The lowest BCUT2D eigenvalue weighted by molar-refractivity contribution is -0.149. The molecule has 1 saturated heterocycles. The molecule has 140 valence electrons. The van der Waals surface area contributed by atoms with E-state index in [1.54, 1.807) is 25.3 Å². The number of carboxylic acids is 1. The minimum absolute atomic E-state index is 0.00242. The van der Waals surface area contributed by atoms with Gasteiger partial charge in [0.1, 0.15) is 10.3 Å². The molecule has 2 N–H and O–H groups in total. The Labute approximate surface area is 152 Å². The van der Waals surface area contributed by atoms with Gasteiger partial charge in [0.15, 0.2) is 0 Å². The number of hydrogen-bond donors (Lipinski definition) is 2. The van der Waals surface area contributed by atoms with Crippen LogP contribution in [0.1, 0.15) is 39.5 Å². The van der Waals surface area contributed by atoms with Crippen molar-refractivity contribution in [3.63, 3.8) is 0 Å². The van der Waals surface area contributed by atoms with Crippen LogP contribution in [0.2, 0.25) is 0 Å². The van der Waals surface area contributed by atoms with Crippen molar-refractivity contribution in [1.82, 2.24) is 9.62 Å². The Hall–Kier alpha value is -1.45. The number of nitrogens with zero attached hydrogens (tertiary/aromatic N) is 1. The van der Waals surface area contributed by atoms with Gasteiger partial charge in [-0.1, -0.05) is 19.9 Å². The van der Waals surface area contributed by atoms with Gasteiger partial charge in [0, 0.05) is 13.1 Å². The van der Waals surface area contributed by atoms with Gasteiger partial charge < -0.3 is 10.4 Å². The number of carboxylic acid groups (broad SMARTS) is 1. The highest BCUT2D eigenvalue weighted by molar-refractivity contribution is 7.91. The molecule has 1 aliphatic heterocycles. The third kappa shape index (κ3) is 3.88. The van der Waals surface area contributed by atoms with Crippen LogP contribution in [0.4, 0.5) is 0 Å². The maximum atomic E-state index is 12.7. The van der Waals surface area contributed by atoms with E-state index in [9.17, 15) is 23.1 Å². The summed E-state index contributed by atoms with van der Waals surface area (Å²) in [7, 11) is -3.70. The molecular formula is C16H24N2O5S2. The first-order valence-corrected chi connectivity index (χ1v) is 10.7. The molecule has 25 heavy (non-hydrogen) atoms. The number of hydrogen-bond acceptors (Lipinski definition) is 5. The van der Waals surface area contributed by atoms with Gasteiger partial charge in [-0.2, -0.15) is 4.31 Å². The maximum absolute atomic E-state index is 12.7. The molecule has 2 rings (SSSR count). The number of rotatable bonds is 8. The van der Waals surface area contributed by atoms with Crippen molar-refractivity contribution in [2.75, 3.05) is 13.1 Å². The lowest BCUT2D eigenvalue weighted by Gasteiger charge is -2.29. The molecule has 0 aliphatic carbocycles. The summed E-state index contributed by atoms with van der Waals surface area (Å²) in [6.07, 6.45) is 1.82. The van der Waals surface area contributed by atoms with Crippen molar-refractivity contribution < 1.29 is 23.1 Å². The van der Waals surface area contributed by atoms with Crippen LogP contribution >= 0.6 is 11.3 Å². The SMILES string of the molecule is CCC(CC)(CNC(=O)C1CCCN1S(=O)(=O)c1cccs1)C(=O)O. The lowest BCUT2D eigenvalue weighted by Crippen LogP contribution is -2.49. The molecule has 1 unspecified atom stereocenters. The highest BCUT2D eigenvalue weighted by Gasteiger charge is 2.41. The van der Waals surface area contributed by atoms with Gasteiger partial charge in [0.05, 0.1) is 5.41 Å². The summed E-state index contributed by atoms with van der Waals surface area (Å²) in [5.41, 5.74) is -1.02. The fourth-order valence-corrected chi connectivity index (χ4v) is 5.84. The molecule has 0 bridgehead atoms. The fourth-order valence-electron chi connectivity index (χ4n) is 3.07. The summed E-state index contributed by atoms with van der Waals surface area (Å²) in [4.78, 5) is 24.1. The number of sulfonamides is 1. The molecule has 0 radical (unpaired) electrons. The second-order valence-corrected chi connectivity index (χ2v) is 9.28. The third-order valence-electron chi connectivity index (χ3n) is 4.97. The molecule has 7 nitrogen and oxygen atoms in total. The van der Waals surface area contributed by atoms with E-state index >= 15 is 0 Å². The van der Waals surface area contributed by atoms with Crippen molar-refractivity contribution in [2.45, 2.75) is 49.8 Å². The van der Waals surface area contributed by atoms with Crippen LogP contribution in [0.5, 0.6) is 0 Å². The molecule has 2 heterocycles. The minimum Gasteiger partial charge on any atom is -0.481 e. The first-order valence-electron chi connectivity index (χ1n) is 8.35. The van der Waals surface area contributed by atoms with Crippen molar-refractivity contribution in [1.29, 1.82) is 0 Å². The molecule has 1 aromatic rings. The second kappa shape index (κ2) is 7.84. The zero-order valence-electron chi connectivity index (χ0n) is 14.4. The van der Waals surface area contributed by atoms with Crippen LogP contribution in [0.15, 0.2) is 21.7 Å². The maximum Gasteiger partial charge on any atom is 0.311 e. The van der Waals surface area contributed by atoms with Crippen LogP contribution in [0.3, 0.4) is 0 Å². The molecule has 1 fully saturated rings. The zero-order chi connectivity index (χ0) is 18.7. The standard InChI is InChI=1S/C16H24N2O5S2/c1-3-16(4-2,15(20)21)11-17-14(19)12-7-5-9-18(12)25(22,23)13-8-6-10-24-13/h6,8,10,12H,3-5,7,9,11H2,1-2H3,(H,17,19)(H,20,21). The summed E-state index contributed by atoms with van der Waals surface area (Å²) in [6.45, 7) is 3.83. The molecule has 1 aromatic heterocycles. The predicted molar refractivity (Wildman–Crippen MR) is 94.9 cm³/mol. The van der Waals surface area contributed by atoms with Gasteiger partial charge in [-0.05, 0) is 37.1 Å². The van der Waals surface area contributed by atoms with Crippen LogP contribution in [-0.2, 0) is 19.6 Å². The number of aliphatic carboxylic acids is 1. The van der Waals surface area contributed by atoms with Crippen molar-refractivity contribution in [2.24, 2.45) is 5.41 Å². The topological polar surface area (TPSA) is 104 Å². The first kappa shape index (κ1) is 19.9. The lowest BCUT2D eigenvalue weighted by atomic mass is 9.82. The quantitative estimate of drug-likeness (QED) is 0.708.